The molecule has 0 aromatic heterocycles. The van der Waals surface area contributed by atoms with E-state index in [-0.39, 0.29) is 25.0 Å². The van der Waals surface area contributed by atoms with Crippen LogP contribution in [0.2, 0.25) is 0 Å². The molecular weight excluding hydrogens is 310 g/mol. The van der Waals surface area contributed by atoms with E-state index in [2.05, 4.69) is 0 Å². The van der Waals surface area contributed by atoms with E-state index in [4.69, 9.17) is 9.47 Å². The Bertz CT molecular complexity index is 490. The van der Waals surface area contributed by atoms with Crippen LogP contribution in [-0.2, 0) is 14.3 Å². The van der Waals surface area contributed by atoms with Crippen molar-refractivity contribution in [1.82, 2.24) is 4.90 Å². The van der Waals surface area contributed by atoms with Gasteiger partial charge in [0.15, 0.2) is 6.04 Å². The quantitative estimate of drug-likeness (QED) is 0.628. The van der Waals surface area contributed by atoms with Crippen molar-refractivity contribution >= 4 is 12.1 Å². The molecule has 0 saturated carbocycles. The Morgan fingerprint density at radius 2 is 1.88 bits per heavy atom. The maximum absolute atomic E-state index is 12.5. The summed E-state index contributed by atoms with van der Waals surface area (Å²) in [5.41, 5.74) is -0.177. The van der Waals surface area contributed by atoms with Crippen LogP contribution in [0.15, 0.2) is 11.6 Å². The number of amides is 1. The predicted octanol–water partition coefficient (Wildman–Crippen LogP) is 2.75. The van der Waals surface area contributed by atoms with Crippen LogP contribution in [0.1, 0.15) is 48.5 Å². The highest BCUT2D eigenvalue weighted by atomic mass is 16.6. The Morgan fingerprint density at radius 3 is 2.33 bits per heavy atom. The molecule has 1 heterocycles. The number of hydrogen-bond acceptors (Lipinski definition) is 5. The van der Waals surface area contributed by atoms with Gasteiger partial charge in [0.1, 0.15) is 5.60 Å². The summed E-state index contributed by atoms with van der Waals surface area (Å²) in [5, 5.41) is 10.3. The summed E-state index contributed by atoms with van der Waals surface area (Å²) >= 11 is 0. The van der Waals surface area contributed by atoms with Crippen LogP contribution >= 0.6 is 0 Å². The van der Waals surface area contributed by atoms with Crippen LogP contribution in [0.3, 0.4) is 0 Å². The number of aliphatic hydroxyl groups is 1. The van der Waals surface area contributed by atoms with Crippen molar-refractivity contribution in [2.45, 2.75) is 66.2 Å². The van der Waals surface area contributed by atoms with Gasteiger partial charge in [0, 0.05) is 0 Å². The second kappa shape index (κ2) is 8.01. The normalized spacial score (nSPS) is 23.2. The van der Waals surface area contributed by atoms with Crippen LogP contribution in [-0.4, -0.2) is 53.0 Å². The third-order valence-electron chi connectivity index (χ3n) is 3.32. The van der Waals surface area contributed by atoms with E-state index in [0.717, 1.165) is 0 Å². The molecule has 1 rings (SSSR count). The third-order valence-corrected chi connectivity index (χ3v) is 3.32. The van der Waals surface area contributed by atoms with Crippen LogP contribution in [0.5, 0.6) is 0 Å². The largest absolute Gasteiger partial charge is 0.464 e. The standard InChI is InChI=1S/C18H31NO5/c1-11(2)8-13-14(20)9-19(17(22)24-18(5,6)7)15(13)16(21)23-10-12(3)4/h8,11-12,14-15,20H,9-10H2,1-7H3/b13-8-/t14-,15-/m0/s1. The molecule has 0 bridgehead atoms. The third kappa shape index (κ3) is 5.82. The first-order chi connectivity index (χ1) is 10.9. The fourth-order valence-electron chi connectivity index (χ4n) is 2.44. The summed E-state index contributed by atoms with van der Waals surface area (Å²) in [6, 6.07) is -0.934. The predicted molar refractivity (Wildman–Crippen MR) is 91.5 cm³/mol. The first-order valence-corrected chi connectivity index (χ1v) is 8.48. The minimum Gasteiger partial charge on any atom is -0.464 e. The van der Waals surface area contributed by atoms with Crippen LogP contribution in [0.4, 0.5) is 4.79 Å². The number of likely N-dealkylation sites (tertiary alicyclic amines) is 1. The summed E-state index contributed by atoms with van der Waals surface area (Å²) in [7, 11) is 0. The van der Waals surface area contributed by atoms with E-state index in [1.165, 1.54) is 4.90 Å². The fraction of sp³-hybridized carbons (Fsp3) is 0.778. The minimum absolute atomic E-state index is 0.0227. The van der Waals surface area contributed by atoms with Gasteiger partial charge in [-0.15, -0.1) is 0 Å². The lowest BCUT2D eigenvalue weighted by Crippen LogP contribution is -2.45. The summed E-state index contributed by atoms with van der Waals surface area (Å²) in [5.74, 6) is -0.209. The molecule has 1 aliphatic rings. The number of allylic oxidation sites excluding steroid dienone is 1. The SMILES string of the molecule is CC(C)/C=C1\[C@@H](C(=O)OCC(C)C)N(C(=O)OC(C)(C)C)C[C@@H]1O. The highest BCUT2D eigenvalue weighted by Gasteiger charge is 2.45. The number of nitrogens with zero attached hydrogens (tertiary/aromatic N) is 1. The van der Waals surface area contributed by atoms with Crippen molar-refractivity contribution in [2.24, 2.45) is 11.8 Å². The van der Waals surface area contributed by atoms with Gasteiger partial charge in [-0.1, -0.05) is 33.8 Å². The molecule has 138 valence electrons. The molecule has 1 fully saturated rings. The first-order valence-electron chi connectivity index (χ1n) is 8.48. The van der Waals surface area contributed by atoms with E-state index in [1.54, 1.807) is 20.8 Å². The first kappa shape index (κ1) is 20.5. The monoisotopic (exact) mass is 341 g/mol. The van der Waals surface area contributed by atoms with Gasteiger partial charge >= 0.3 is 12.1 Å². The number of ether oxygens (including phenoxy) is 2. The van der Waals surface area contributed by atoms with Gasteiger partial charge in [0.2, 0.25) is 0 Å². The van der Waals surface area contributed by atoms with Gasteiger partial charge in [-0.3, -0.25) is 4.90 Å². The number of aliphatic hydroxyl groups excluding tert-OH is 1. The van der Waals surface area contributed by atoms with Crippen molar-refractivity contribution in [1.29, 1.82) is 0 Å². The second-order valence-corrected chi connectivity index (χ2v) is 7.99. The number of rotatable bonds is 4. The molecule has 0 unspecified atom stereocenters. The second-order valence-electron chi connectivity index (χ2n) is 7.99. The van der Waals surface area contributed by atoms with E-state index in [1.807, 2.05) is 33.8 Å². The van der Waals surface area contributed by atoms with Gasteiger partial charge in [0.25, 0.3) is 0 Å². The number of β-amino-alcohol motifs (C(OH)–C–C–N with tert-alkyl or cyclic N) is 1. The Labute approximate surface area is 144 Å². The summed E-state index contributed by atoms with van der Waals surface area (Å²) in [6.45, 7) is 13.3. The lowest BCUT2D eigenvalue weighted by atomic mass is 10.0. The molecule has 1 aliphatic heterocycles. The summed E-state index contributed by atoms with van der Waals surface area (Å²) in [6.07, 6.45) is 0.299. The smallest absolute Gasteiger partial charge is 0.411 e. The molecule has 1 N–H and O–H groups in total. The maximum atomic E-state index is 12.5. The zero-order valence-corrected chi connectivity index (χ0v) is 15.8. The lowest BCUT2D eigenvalue weighted by Gasteiger charge is -2.27. The molecule has 0 radical (unpaired) electrons. The molecule has 0 aromatic rings. The summed E-state index contributed by atoms with van der Waals surface area (Å²) in [4.78, 5) is 26.2. The Kier molecular flexibility index (Phi) is 6.84. The number of hydrogen-bond donors (Lipinski definition) is 1. The van der Waals surface area contributed by atoms with Gasteiger partial charge in [-0.25, -0.2) is 9.59 Å². The van der Waals surface area contributed by atoms with Crippen LogP contribution in [0, 0.1) is 11.8 Å². The van der Waals surface area contributed by atoms with E-state index < -0.39 is 29.8 Å². The molecule has 24 heavy (non-hydrogen) atoms. The zero-order chi connectivity index (χ0) is 18.7. The molecular formula is C18H31NO5. The number of carbonyl (C=O) groups excluding carboxylic acids is 2. The number of carbonyl (C=O) groups is 2. The maximum Gasteiger partial charge on any atom is 0.411 e. The topological polar surface area (TPSA) is 76.1 Å². The zero-order valence-electron chi connectivity index (χ0n) is 15.8. The van der Waals surface area contributed by atoms with Crippen molar-refractivity contribution in [3.8, 4) is 0 Å². The van der Waals surface area contributed by atoms with Crippen molar-refractivity contribution in [2.75, 3.05) is 13.2 Å². The molecule has 2 atom stereocenters. The Hall–Kier alpha value is -1.56. The van der Waals surface area contributed by atoms with Crippen molar-refractivity contribution in [3.63, 3.8) is 0 Å². The fourth-order valence-corrected chi connectivity index (χ4v) is 2.44. The molecule has 6 nitrogen and oxygen atoms in total. The van der Waals surface area contributed by atoms with Gasteiger partial charge < -0.3 is 14.6 Å². The Morgan fingerprint density at radius 1 is 1.29 bits per heavy atom. The van der Waals surface area contributed by atoms with E-state index in [9.17, 15) is 14.7 Å². The number of esters is 1. The molecule has 0 spiro atoms. The molecule has 0 aliphatic carbocycles. The highest BCUT2D eigenvalue weighted by molar-refractivity contribution is 5.86. The average molecular weight is 341 g/mol. The minimum atomic E-state index is -0.934. The molecule has 0 aromatic carbocycles. The Balaban J connectivity index is 3.08. The molecule has 6 heteroatoms. The molecule has 1 amide bonds. The molecule has 1 saturated heterocycles. The van der Waals surface area contributed by atoms with Crippen molar-refractivity contribution in [3.05, 3.63) is 11.6 Å². The van der Waals surface area contributed by atoms with Crippen LogP contribution in [0.25, 0.3) is 0 Å². The lowest BCUT2D eigenvalue weighted by molar-refractivity contribution is -0.148. The average Bonchev–Trinajstić information content (AvgIpc) is 2.71. The van der Waals surface area contributed by atoms with Gasteiger partial charge in [-0.05, 0) is 38.2 Å². The highest BCUT2D eigenvalue weighted by Crippen LogP contribution is 2.28. The summed E-state index contributed by atoms with van der Waals surface area (Å²) < 4.78 is 10.7. The van der Waals surface area contributed by atoms with Gasteiger partial charge in [0.05, 0.1) is 19.3 Å². The van der Waals surface area contributed by atoms with E-state index in [0.29, 0.717) is 5.57 Å². The van der Waals surface area contributed by atoms with Crippen molar-refractivity contribution < 1.29 is 24.2 Å². The van der Waals surface area contributed by atoms with E-state index >= 15 is 0 Å². The van der Waals surface area contributed by atoms with Crippen LogP contribution < -0.4 is 0 Å². The van der Waals surface area contributed by atoms with Gasteiger partial charge in [-0.2, -0.15) is 0 Å².